The molecule has 1 aliphatic rings. The standard InChI is InChI=1S/C19H29N3O3/c1-19(2,3)25-18(24)22-16-10-9-15(12-16)21-14-7-5-13(6-8-14)11-17(23)20-4/h5-8,15-16,21H,9-12H2,1-4H3,(H,20,23)(H,22,24). The van der Waals surface area contributed by atoms with E-state index in [1.807, 2.05) is 45.0 Å². The summed E-state index contributed by atoms with van der Waals surface area (Å²) in [7, 11) is 1.64. The van der Waals surface area contributed by atoms with Crippen LogP contribution in [0.5, 0.6) is 0 Å². The topological polar surface area (TPSA) is 79.5 Å². The molecule has 0 aliphatic heterocycles. The van der Waals surface area contributed by atoms with Crippen LogP contribution in [0.3, 0.4) is 0 Å². The third-order valence-electron chi connectivity index (χ3n) is 4.12. The van der Waals surface area contributed by atoms with E-state index < -0.39 is 5.60 Å². The quantitative estimate of drug-likeness (QED) is 0.765. The first kappa shape index (κ1) is 19.1. The van der Waals surface area contributed by atoms with Crippen molar-refractivity contribution in [3.63, 3.8) is 0 Å². The van der Waals surface area contributed by atoms with Crippen LogP contribution in [-0.4, -0.2) is 36.7 Å². The zero-order chi connectivity index (χ0) is 18.4. The Bertz CT molecular complexity index is 593. The van der Waals surface area contributed by atoms with Gasteiger partial charge < -0.3 is 20.7 Å². The highest BCUT2D eigenvalue weighted by Gasteiger charge is 2.27. The summed E-state index contributed by atoms with van der Waals surface area (Å²) in [6.07, 6.45) is 2.85. The molecule has 3 N–H and O–H groups in total. The Hall–Kier alpha value is -2.24. The number of carbonyl (C=O) groups excluding carboxylic acids is 2. The zero-order valence-electron chi connectivity index (χ0n) is 15.5. The van der Waals surface area contributed by atoms with Crippen molar-refractivity contribution < 1.29 is 14.3 Å². The maximum atomic E-state index is 11.8. The number of ether oxygens (including phenoxy) is 1. The highest BCUT2D eigenvalue weighted by molar-refractivity contribution is 5.78. The largest absolute Gasteiger partial charge is 0.444 e. The molecule has 0 radical (unpaired) electrons. The molecule has 1 fully saturated rings. The van der Waals surface area contributed by atoms with E-state index in [4.69, 9.17) is 4.74 Å². The third kappa shape index (κ3) is 6.64. The second-order valence-electron chi connectivity index (χ2n) is 7.54. The molecule has 25 heavy (non-hydrogen) atoms. The van der Waals surface area contributed by atoms with Crippen molar-refractivity contribution in [1.82, 2.24) is 10.6 Å². The lowest BCUT2D eigenvalue weighted by Crippen LogP contribution is -2.38. The summed E-state index contributed by atoms with van der Waals surface area (Å²) in [5.74, 6) is 0.00700. The molecular formula is C19H29N3O3. The van der Waals surface area contributed by atoms with Gasteiger partial charge in [-0.2, -0.15) is 0 Å². The van der Waals surface area contributed by atoms with Gasteiger partial charge in [-0.05, 0) is 57.7 Å². The minimum Gasteiger partial charge on any atom is -0.444 e. The Balaban J connectivity index is 1.79. The molecule has 1 aromatic carbocycles. The molecule has 138 valence electrons. The number of rotatable bonds is 5. The van der Waals surface area contributed by atoms with Gasteiger partial charge in [-0.25, -0.2) is 4.79 Å². The van der Waals surface area contributed by atoms with E-state index in [2.05, 4.69) is 16.0 Å². The molecule has 0 saturated heterocycles. The fourth-order valence-corrected chi connectivity index (χ4v) is 2.95. The van der Waals surface area contributed by atoms with Crippen molar-refractivity contribution in [2.24, 2.45) is 0 Å². The third-order valence-corrected chi connectivity index (χ3v) is 4.12. The summed E-state index contributed by atoms with van der Waals surface area (Å²) >= 11 is 0. The summed E-state index contributed by atoms with van der Waals surface area (Å²) in [5, 5.41) is 9.06. The lowest BCUT2D eigenvalue weighted by molar-refractivity contribution is -0.119. The van der Waals surface area contributed by atoms with Gasteiger partial charge in [-0.1, -0.05) is 12.1 Å². The van der Waals surface area contributed by atoms with Crippen LogP contribution in [0.4, 0.5) is 10.5 Å². The van der Waals surface area contributed by atoms with Crippen LogP contribution in [-0.2, 0) is 16.0 Å². The van der Waals surface area contributed by atoms with E-state index in [1.165, 1.54) is 0 Å². The fourth-order valence-electron chi connectivity index (χ4n) is 2.95. The van der Waals surface area contributed by atoms with Gasteiger partial charge >= 0.3 is 6.09 Å². The Labute approximate surface area is 149 Å². The van der Waals surface area contributed by atoms with Crippen LogP contribution in [0.25, 0.3) is 0 Å². The number of benzene rings is 1. The highest BCUT2D eigenvalue weighted by Crippen LogP contribution is 2.24. The smallest absolute Gasteiger partial charge is 0.407 e. The molecule has 0 heterocycles. The van der Waals surface area contributed by atoms with Crippen LogP contribution in [0.1, 0.15) is 45.6 Å². The molecule has 2 unspecified atom stereocenters. The van der Waals surface area contributed by atoms with Gasteiger partial charge in [0.2, 0.25) is 5.91 Å². The summed E-state index contributed by atoms with van der Waals surface area (Å²) in [4.78, 5) is 23.2. The molecule has 0 aromatic heterocycles. The number of alkyl carbamates (subject to hydrolysis) is 1. The zero-order valence-corrected chi connectivity index (χ0v) is 15.5. The van der Waals surface area contributed by atoms with Gasteiger partial charge in [0.05, 0.1) is 6.42 Å². The van der Waals surface area contributed by atoms with Gasteiger partial charge in [0.1, 0.15) is 5.60 Å². The van der Waals surface area contributed by atoms with Crippen molar-refractivity contribution in [2.45, 2.75) is 64.1 Å². The van der Waals surface area contributed by atoms with E-state index in [0.717, 1.165) is 30.5 Å². The van der Waals surface area contributed by atoms with E-state index in [-0.39, 0.29) is 18.0 Å². The molecule has 0 spiro atoms. The van der Waals surface area contributed by atoms with Gasteiger partial charge in [0, 0.05) is 24.8 Å². The highest BCUT2D eigenvalue weighted by atomic mass is 16.6. The molecule has 1 aromatic rings. The second-order valence-corrected chi connectivity index (χ2v) is 7.54. The number of hydrogen-bond acceptors (Lipinski definition) is 4. The van der Waals surface area contributed by atoms with Crippen molar-refractivity contribution >= 4 is 17.7 Å². The minimum atomic E-state index is -0.475. The van der Waals surface area contributed by atoms with Crippen molar-refractivity contribution in [1.29, 1.82) is 0 Å². The second kappa shape index (κ2) is 8.23. The first-order valence-electron chi connectivity index (χ1n) is 8.81. The lowest BCUT2D eigenvalue weighted by Gasteiger charge is -2.22. The molecule has 2 atom stereocenters. The summed E-state index contributed by atoms with van der Waals surface area (Å²) in [6.45, 7) is 5.58. The minimum absolute atomic E-state index is 0.00700. The van der Waals surface area contributed by atoms with Crippen molar-refractivity contribution in [3.8, 4) is 0 Å². The van der Waals surface area contributed by atoms with E-state index in [0.29, 0.717) is 12.5 Å². The normalized spacial score (nSPS) is 20.0. The number of likely N-dealkylation sites (N-methyl/N-ethyl adjacent to an activating group) is 1. The number of hydrogen-bond donors (Lipinski definition) is 3. The first-order chi connectivity index (χ1) is 11.7. The lowest BCUT2D eigenvalue weighted by atomic mass is 10.1. The number of amides is 2. The monoisotopic (exact) mass is 347 g/mol. The molecule has 2 amide bonds. The molecule has 6 nitrogen and oxygen atoms in total. The molecule has 1 saturated carbocycles. The van der Waals surface area contributed by atoms with Crippen LogP contribution in [0.2, 0.25) is 0 Å². The number of carbonyl (C=O) groups is 2. The number of nitrogens with one attached hydrogen (secondary N) is 3. The summed E-state index contributed by atoms with van der Waals surface area (Å²) in [5.41, 5.74) is 1.54. The van der Waals surface area contributed by atoms with Gasteiger partial charge in [0.25, 0.3) is 0 Å². The predicted octanol–water partition coefficient (Wildman–Crippen LogP) is 2.83. The molecule has 2 rings (SSSR count). The van der Waals surface area contributed by atoms with E-state index in [9.17, 15) is 9.59 Å². The molecule has 1 aliphatic carbocycles. The van der Waals surface area contributed by atoms with Gasteiger partial charge in [0.15, 0.2) is 0 Å². The SMILES string of the molecule is CNC(=O)Cc1ccc(NC2CCC(NC(=O)OC(C)(C)C)C2)cc1. The molecular weight excluding hydrogens is 318 g/mol. The first-order valence-corrected chi connectivity index (χ1v) is 8.81. The maximum absolute atomic E-state index is 11.8. The Morgan fingerprint density at radius 1 is 1.12 bits per heavy atom. The predicted molar refractivity (Wildman–Crippen MR) is 98.6 cm³/mol. The molecule has 0 bridgehead atoms. The van der Waals surface area contributed by atoms with Crippen molar-refractivity contribution in [3.05, 3.63) is 29.8 Å². The fraction of sp³-hybridized carbons (Fsp3) is 0.579. The number of anilines is 1. The Kier molecular flexibility index (Phi) is 6.28. The Morgan fingerprint density at radius 2 is 1.76 bits per heavy atom. The van der Waals surface area contributed by atoms with E-state index >= 15 is 0 Å². The Morgan fingerprint density at radius 3 is 2.36 bits per heavy atom. The van der Waals surface area contributed by atoms with Gasteiger partial charge in [-0.15, -0.1) is 0 Å². The maximum Gasteiger partial charge on any atom is 0.407 e. The van der Waals surface area contributed by atoms with Crippen LogP contribution < -0.4 is 16.0 Å². The average Bonchev–Trinajstić information content (AvgIpc) is 2.94. The van der Waals surface area contributed by atoms with Crippen LogP contribution >= 0.6 is 0 Å². The van der Waals surface area contributed by atoms with E-state index in [1.54, 1.807) is 7.05 Å². The summed E-state index contributed by atoms with van der Waals surface area (Å²) in [6, 6.07) is 8.37. The van der Waals surface area contributed by atoms with Crippen LogP contribution in [0, 0.1) is 0 Å². The molecule has 6 heteroatoms. The van der Waals surface area contributed by atoms with Gasteiger partial charge in [-0.3, -0.25) is 4.79 Å². The average molecular weight is 347 g/mol. The summed E-state index contributed by atoms with van der Waals surface area (Å²) < 4.78 is 5.30. The van der Waals surface area contributed by atoms with Crippen molar-refractivity contribution in [2.75, 3.05) is 12.4 Å². The van der Waals surface area contributed by atoms with Crippen LogP contribution in [0.15, 0.2) is 24.3 Å².